The summed E-state index contributed by atoms with van der Waals surface area (Å²) in [7, 11) is 0. The first-order valence-electron chi connectivity index (χ1n) is 4.28. The smallest absolute Gasteiger partial charge is 0.357 e. The van der Waals surface area contributed by atoms with Crippen LogP contribution in [0, 0.1) is 0 Å². The first-order valence-corrected chi connectivity index (χ1v) is 4.28. The minimum Gasteiger partial charge on any atom is -0.461 e. The summed E-state index contributed by atoms with van der Waals surface area (Å²) >= 11 is 0. The zero-order valence-corrected chi connectivity index (χ0v) is 7.67. The van der Waals surface area contributed by atoms with Crippen LogP contribution in [0.25, 0.3) is 5.78 Å². The van der Waals surface area contributed by atoms with E-state index >= 15 is 0 Å². The van der Waals surface area contributed by atoms with Gasteiger partial charge in [0, 0.05) is 18.6 Å². The summed E-state index contributed by atoms with van der Waals surface area (Å²) in [6, 6.07) is 1.60. The first-order chi connectivity index (χ1) is 6.81. The van der Waals surface area contributed by atoms with E-state index in [0.29, 0.717) is 12.4 Å². The average molecular weight is 191 g/mol. The van der Waals surface area contributed by atoms with Gasteiger partial charge in [0.1, 0.15) is 0 Å². The van der Waals surface area contributed by atoms with Crippen molar-refractivity contribution in [3.05, 3.63) is 30.4 Å². The summed E-state index contributed by atoms with van der Waals surface area (Å²) in [5.41, 5.74) is 0.283. The van der Waals surface area contributed by atoms with Gasteiger partial charge in [0.25, 0.3) is 0 Å². The number of fused-ring (bicyclic) bond motifs is 1. The fourth-order valence-electron chi connectivity index (χ4n) is 1.12. The van der Waals surface area contributed by atoms with E-state index in [0.717, 1.165) is 0 Å². The van der Waals surface area contributed by atoms with Gasteiger partial charge in [0.2, 0.25) is 5.78 Å². The molecule has 5 heteroatoms. The topological polar surface area (TPSA) is 56.5 Å². The highest BCUT2D eigenvalue weighted by Crippen LogP contribution is 2.01. The van der Waals surface area contributed by atoms with E-state index in [9.17, 15) is 4.79 Å². The Morgan fingerprint density at radius 1 is 1.57 bits per heavy atom. The van der Waals surface area contributed by atoms with Crippen LogP contribution in [0.2, 0.25) is 0 Å². The van der Waals surface area contributed by atoms with Gasteiger partial charge in [-0.1, -0.05) is 0 Å². The molecular weight excluding hydrogens is 182 g/mol. The quantitative estimate of drug-likeness (QED) is 0.662. The van der Waals surface area contributed by atoms with Crippen LogP contribution in [0.15, 0.2) is 24.7 Å². The number of esters is 1. The van der Waals surface area contributed by atoms with E-state index in [4.69, 9.17) is 4.74 Å². The predicted octanol–water partition coefficient (Wildman–Crippen LogP) is 0.906. The number of carbonyl (C=O) groups is 1. The molecule has 0 aliphatic heterocycles. The number of nitrogens with zero attached hydrogens (tertiary/aromatic N) is 3. The summed E-state index contributed by atoms with van der Waals surface area (Å²) < 4.78 is 6.54. The third-order valence-corrected chi connectivity index (χ3v) is 1.75. The standard InChI is InChI=1S/C9H9N3O2/c1-2-14-8(13)7-3-5-12-6-4-10-9(12)11-7/h3-6H,2H2,1H3. The van der Waals surface area contributed by atoms with Crippen molar-refractivity contribution in [2.24, 2.45) is 0 Å². The number of ether oxygens (including phenoxy) is 1. The van der Waals surface area contributed by atoms with E-state index in [1.54, 1.807) is 36.0 Å². The van der Waals surface area contributed by atoms with Crippen molar-refractivity contribution in [3.8, 4) is 0 Å². The van der Waals surface area contributed by atoms with E-state index < -0.39 is 5.97 Å². The zero-order valence-electron chi connectivity index (χ0n) is 7.67. The van der Waals surface area contributed by atoms with Crippen molar-refractivity contribution in [3.63, 3.8) is 0 Å². The molecule has 2 rings (SSSR count). The van der Waals surface area contributed by atoms with Gasteiger partial charge < -0.3 is 4.74 Å². The Labute approximate surface area is 80.4 Å². The van der Waals surface area contributed by atoms with Crippen LogP contribution in [-0.2, 0) is 4.74 Å². The molecule has 2 aromatic rings. The highest BCUT2D eigenvalue weighted by Gasteiger charge is 2.08. The van der Waals surface area contributed by atoms with Crippen molar-refractivity contribution in [2.45, 2.75) is 6.92 Å². The largest absolute Gasteiger partial charge is 0.461 e. The average Bonchev–Trinajstić information content (AvgIpc) is 2.64. The van der Waals surface area contributed by atoms with Crippen LogP contribution in [-0.4, -0.2) is 26.9 Å². The SMILES string of the molecule is CCOC(=O)c1ccn2ccnc2n1. The van der Waals surface area contributed by atoms with Crippen molar-refractivity contribution in [2.75, 3.05) is 6.61 Å². The molecule has 5 nitrogen and oxygen atoms in total. The predicted molar refractivity (Wildman–Crippen MR) is 48.9 cm³/mol. The second-order valence-corrected chi connectivity index (χ2v) is 2.67. The van der Waals surface area contributed by atoms with E-state index in [2.05, 4.69) is 9.97 Å². The molecule has 2 aromatic heterocycles. The molecule has 14 heavy (non-hydrogen) atoms. The minimum absolute atomic E-state index is 0.283. The zero-order chi connectivity index (χ0) is 9.97. The number of hydrogen-bond donors (Lipinski definition) is 0. The molecule has 0 aromatic carbocycles. The molecule has 0 aliphatic carbocycles. The maximum absolute atomic E-state index is 11.3. The Hall–Kier alpha value is -1.91. The number of imidazole rings is 1. The normalized spacial score (nSPS) is 10.4. The Bertz CT molecular complexity index is 464. The van der Waals surface area contributed by atoms with Gasteiger partial charge in [-0.2, -0.15) is 0 Å². The van der Waals surface area contributed by atoms with E-state index in [1.165, 1.54) is 0 Å². The summed E-state index contributed by atoms with van der Waals surface area (Å²) in [4.78, 5) is 19.3. The van der Waals surface area contributed by atoms with Gasteiger partial charge in [-0.25, -0.2) is 14.8 Å². The van der Waals surface area contributed by atoms with Gasteiger partial charge in [-0.05, 0) is 13.0 Å². The lowest BCUT2D eigenvalue weighted by Crippen LogP contribution is -2.07. The monoisotopic (exact) mass is 191 g/mol. The van der Waals surface area contributed by atoms with Gasteiger partial charge in [-0.15, -0.1) is 0 Å². The second-order valence-electron chi connectivity index (χ2n) is 2.67. The van der Waals surface area contributed by atoms with Crippen LogP contribution in [0.5, 0.6) is 0 Å². The van der Waals surface area contributed by atoms with Crippen molar-refractivity contribution in [1.82, 2.24) is 14.4 Å². The van der Waals surface area contributed by atoms with Crippen LogP contribution >= 0.6 is 0 Å². The van der Waals surface area contributed by atoms with Crippen LogP contribution in [0.1, 0.15) is 17.4 Å². The fraction of sp³-hybridized carbons (Fsp3) is 0.222. The maximum atomic E-state index is 11.3. The lowest BCUT2D eigenvalue weighted by atomic mass is 10.4. The summed E-state index contributed by atoms with van der Waals surface area (Å²) in [5, 5.41) is 0. The molecule has 0 amide bonds. The van der Waals surface area contributed by atoms with Crippen molar-refractivity contribution in [1.29, 1.82) is 0 Å². The Kier molecular flexibility index (Phi) is 2.14. The molecule has 0 unspecified atom stereocenters. The molecule has 0 N–H and O–H groups in total. The van der Waals surface area contributed by atoms with Crippen LogP contribution in [0.3, 0.4) is 0 Å². The third-order valence-electron chi connectivity index (χ3n) is 1.75. The Balaban J connectivity index is 2.38. The molecule has 0 spiro atoms. The first kappa shape index (κ1) is 8.68. The Morgan fingerprint density at radius 2 is 2.43 bits per heavy atom. The molecule has 0 saturated carbocycles. The number of carbonyl (C=O) groups excluding carboxylic acids is 1. The fourth-order valence-corrected chi connectivity index (χ4v) is 1.12. The molecule has 0 atom stereocenters. The molecule has 0 radical (unpaired) electrons. The van der Waals surface area contributed by atoms with Gasteiger partial charge in [0.15, 0.2) is 5.69 Å². The minimum atomic E-state index is -0.419. The summed E-state index contributed by atoms with van der Waals surface area (Å²) in [6.07, 6.45) is 5.11. The number of aromatic nitrogens is 3. The number of rotatable bonds is 2. The summed E-state index contributed by atoms with van der Waals surface area (Å²) in [6.45, 7) is 2.10. The van der Waals surface area contributed by atoms with Gasteiger partial charge >= 0.3 is 5.97 Å². The molecule has 0 fully saturated rings. The number of hydrogen-bond acceptors (Lipinski definition) is 4. The van der Waals surface area contributed by atoms with Crippen molar-refractivity contribution >= 4 is 11.7 Å². The molecule has 0 saturated heterocycles. The molecule has 2 heterocycles. The van der Waals surface area contributed by atoms with E-state index in [-0.39, 0.29) is 5.69 Å². The second kappa shape index (κ2) is 3.45. The lowest BCUT2D eigenvalue weighted by Gasteiger charge is -2.00. The lowest BCUT2D eigenvalue weighted by molar-refractivity contribution is 0.0519. The summed E-state index contributed by atoms with van der Waals surface area (Å²) in [5.74, 6) is 0.0774. The maximum Gasteiger partial charge on any atom is 0.357 e. The van der Waals surface area contributed by atoms with E-state index in [1.807, 2.05) is 0 Å². The highest BCUT2D eigenvalue weighted by atomic mass is 16.5. The molecular formula is C9H9N3O2. The van der Waals surface area contributed by atoms with Crippen molar-refractivity contribution < 1.29 is 9.53 Å². The highest BCUT2D eigenvalue weighted by molar-refractivity contribution is 5.87. The van der Waals surface area contributed by atoms with Crippen LogP contribution < -0.4 is 0 Å². The van der Waals surface area contributed by atoms with Gasteiger partial charge in [-0.3, -0.25) is 4.40 Å². The molecule has 0 aliphatic rings. The van der Waals surface area contributed by atoms with Crippen LogP contribution in [0.4, 0.5) is 0 Å². The third kappa shape index (κ3) is 1.44. The Morgan fingerprint density at radius 3 is 3.21 bits per heavy atom. The van der Waals surface area contributed by atoms with Gasteiger partial charge in [0.05, 0.1) is 6.61 Å². The molecule has 0 bridgehead atoms. The molecule has 72 valence electrons.